The van der Waals surface area contributed by atoms with E-state index < -0.39 is 29.8 Å². The fourth-order valence-corrected chi connectivity index (χ4v) is 2.63. The number of esters is 1. The fraction of sp³-hybridized carbons (Fsp3) is 0.385. The maximum atomic E-state index is 13.3. The monoisotopic (exact) mass is 345 g/mol. The van der Waals surface area contributed by atoms with E-state index in [1.165, 1.54) is 24.1 Å². The largest absolute Gasteiger partial charge is 0.467 e. The Bertz CT molecular complexity index is 551. The Morgan fingerprint density at radius 1 is 1.50 bits per heavy atom. The van der Waals surface area contributed by atoms with Gasteiger partial charge in [-0.15, -0.1) is 0 Å². The third-order valence-corrected chi connectivity index (χ3v) is 3.86. The number of likely N-dealkylation sites (tertiary alicyclic amines) is 1. The van der Waals surface area contributed by atoms with Gasteiger partial charge < -0.3 is 14.7 Å². The number of nitrogens with zero attached hydrogens (tertiary/aromatic N) is 1. The molecule has 2 unspecified atom stereocenters. The van der Waals surface area contributed by atoms with Gasteiger partial charge in [-0.05, 0) is 34.1 Å². The smallest absolute Gasteiger partial charge is 0.328 e. The number of β-amino-alcohol motifs (C(OH)–C–C–N with tert-alkyl or cyclic N) is 1. The van der Waals surface area contributed by atoms with E-state index in [9.17, 15) is 19.1 Å². The number of carbonyl (C=O) groups excluding carboxylic acids is 2. The van der Waals surface area contributed by atoms with E-state index in [2.05, 4.69) is 20.7 Å². The highest BCUT2D eigenvalue weighted by Crippen LogP contribution is 2.25. The van der Waals surface area contributed by atoms with E-state index in [0.29, 0.717) is 4.47 Å². The Morgan fingerprint density at radius 3 is 2.85 bits per heavy atom. The molecule has 2 rings (SSSR count). The molecular formula is C13H13BrFNO4. The van der Waals surface area contributed by atoms with Gasteiger partial charge in [0.15, 0.2) is 0 Å². The van der Waals surface area contributed by atoms with Crippen LogP contribution >= 0.6 is 15.9 Å². The molecule has 1 N–H and O–H groups in total. The highest BCUT2D eigenvalue weighted by atomic mass is 79.9. The van der Waals surface area contributed by atoms with Crippen LogP contribution in [0.25, 0.3) is 0 Å². The molecule has 1 amide bonds. The molecular weight excluding hydrogens is 333 g/mol. The zero-order valence-electron chi connectivity index (χ0n) is 10.7. The molecule has 5 nitrogen and oxygen atoms in total. The van der Waals surface area contributed by atoms with Gasteiger partial charge >= 0.3 is 5.97 Å². The van der Waals surface area contributed by atoms with Gasteiger partial charge in [0.2, 0.25) is 0 Å². The first kappa shape index (κ1) is 14.9. The highest BCUT2D eigenvalue weighted by Gasteiger charge is 2.40. The van der Waals surface area contributed by atoms with Crippen molar-refractivity contribution in [2.75, 3.05) is 13.7 Å². The van der Waals surface area contributed by atoms with Crippen LogP contribution in [0.15, 0.2) is 22.7 Å². The van der Waals surface area contributed by atoms with Gasteiger partial charge in [0.1, 0.15) is 11.9 Å². The molecule has 1 fully saturated rings. The lowest BCUT2D eigenvalue weighted by Gasteiger charge is -2.22. The maximum absolute atomic E-state index is 13.3. The summed E-state index contributed by atoms with van der Waals surface area (Å²) >= 11 is 3.17. The van der Waals surface area contributed by atoms with E-state index in [0.717, 1.165) is 6.07 Å². The fourth-order valence-electron chi connectivity index (χ4n) is 2.21. The summed E-state index contributed by atoms with van der Waals surface area (Å²) in [5.74, 6) is -1.67. The van der Waals surface area contributed by atoms with Gasteiger partial charge in [0, 0.05) is 17.4 Å². The average Bonchev–Trinajstić information content (AvgIpc) is 2.82. The predicted octanol–water partition coefficient (Wildman–Crippen LogP) is 1.34. The highest BCUT2D eigenvalue weighted by molar-refractivity contribution is 9.10. The predicted molar refractivity (Wildman–Crippen MR) is 71.6 cm³/mol. The minimum absolute atomic E-state index is 0.0154. The van der Waals surface area contributed by atoms with Crippen LogP contribution in [0, 0.1) is 5.82 Å². The Kier molecular flexibility index (Phi) is 4.39. The SMILES string of the molecule is COC(=O)C1CC(O)CN1C(=O)c1cc(F)ccc1Br. The van der Waals surface area contributed by atoms with Gasteiger partial charge in [0.05, 0.1) is 18.8 Å². The van der Waals surface area contributed by atoms with Crippen LogP contribution in [0.5, 0.6) is 0 Å². The first-order valence-corrected chi connectivity index (χ1v) is 6.75. The molecule has 0 aromatic heterocycles. The summed E-state index contributed by atoms with van der Waals surface area (Å²) in [6.45, 7) is 0.0154. The molecule has 20 heavy (non-hydrogen) atoms. The summed E-state index contributed by atoms with van der Waals surface area (Å²) in [5, 5.41) is 9.65. The van der Waals surface area contributed by atoms with Crippen molar-refractivity contribution in [3.05, 3.63) is 34.1 Å². The number of amides is 1. The summed E-state index contributed by atoms with van der Waals surface area (Å²) in [7, 11) is 1.22. The van der Waals surface area contributed by atoms with Crippen LogP contribution in [0.2, 0.25) is 0 Å². The molecule has 2 atom stereocenters. The van der Waals surface area contributed by atoms with Gasteiger partial charge in [-0.3, -0.25) is 4.79 Å². The molecule has 0 bridgehead atoms. The summed E-state index contributed by atoms with van der Waals surface area (Å²) in [6.07, 6.45) is -0.680. The Balaban J connectivity index is 2.31. The van der Waals surface area contributed by atoms with Crippen LogP contribution in [0.4, 0.5) is 4.39 Å². The number of carbonyl (C=O) groups is 2. The van der Waals surface area contributed by atoms with Crippen LogP contribution in [0.3, 0.4) is 0 Å². The number of hydrogen-bond donors (Lipinski definition) is 1. The van der Waals surface area contributed by atoms with Crippen molar-refractivity contribution in [2.45, 2.75) is 18.6 Å². The summed E-state index contributed by atoms with van der Waals surface area (Å²) in [6, 6.07) is 2.88. The Labute approximate surface area is 123 Å². The third-order valence-electron chi connectivity index (χ3n) is 3.17. The number of rotatable bonds is 2. The molecule has 108 valence electrons. The van der Waals surface area contributed by atoms with Crippen molar-refractivity contribution in [1.29, 1.82) is 0 Å². The lowest BCUT2D eigenvalue weighted by atomic mass is 10.1. The van der Waals surface area contributed by atoms with Crippen LogP contribution < -0.4 is 0 Å². The van der Waals surface area contributed by atoms with Gasteiger partial charge in [-0.25, -0.2) is 9.18 Å². The first-order chi connectivity index (χ1) is 9.43. The molecule has 1 aromatic carbocycles. The summed E-state index contributed by atoms with van der Waals surface area (Å²) in [4.78, 5) is 25.3. The number of methoxy groups -OCH3 is 1. The molecule has 1 aliphatic heterocycles. The Morgan fingerprint density at radius 2 is 2.20 bits per heavy atom. The molecule has 1 aromatic rings. The lowest BCUT2D eigenvalue weighted by Crippen LogP contribution is -2.41. The van der Waals surface area contributed by atoms with Gasteiger partial charge in [-0.2, -0.15) is 0 Å². The van der Waals surface area contributed by atoms with Crippen molar-refractivity contribution in [1.82, 2.24) is 4.90 Å². The van der Waals surface area contributed by atoms with E-state index in [4.69, 9.17) is 0 Å². The summed E-state index contributed by atoms with van der Waals surface area (Å²) in [5.41, 5.74) is 0.105. The third kappa shape index (κ3) is 2.83. The molecule has 0 saturated carbocycles. The normalized spacial score (nSPS) is 21.9. The standard InChI is InChI=1S/C13H13BrFNO4/c1-20-13(19)11-5-8(17)6-16(11)12(18)9-4-7(15)2-3-10(9)14/h2-4,8,11,17H,5-6H2,1H3. The minimum Gasteiger partial charge on any atom is -0.467 e. The second-order valence-corrected chi connectivity index (χ2v) is 5.36. The van der Waals surface area contributed by atoms with Crippen molar-refractivity contribution >= 4 is 27.8 Å². The van der Waals surface area contributed by atoms with Crippen LogP contribution in [0.1, 0.15) is 16.8 Å². The quantitative estimate of drug-likeness (QED) is 0.821. The topological polar surface area (TPSA) is 66.8 Å². The zero-order valence-corrected chi connectivity index (χ0v) is 12.3. The van der Waals surface area contributed by atoms with Crippen LogP contribution in [-0.4, -0.2) is 47.7 Å². The van der Waals surface area contributed by atoms with Crippen molar-refractivity contribution in [3.63, 3.8) is 0 Å². The number of ether oxygens (including phenoxy) is 1. The Hall–Kier alpha value is -1.47. The summed E-state index contributed by atoms with van der Waals surface area (Å²) < 4.78 is 18.3. The molecule has 1 saturated heterocycles. The van der Waals surface area contributed by atoms with E-state index in [1.54, 1.807) is 0 Å². The van der Waals surface area contributed by atoms with Gasteiger partial charge in [0.25, 0.3) is 5.91 Å². The van der Waals surface area contributed by atoms with E-state index in [-0.39, 0.29) is 18.5 Å². The second kappa shape index (κ2) is 5.88. The molecule has 0 radical (unpaired) electrons. The number of benzene rings is 1. The van der Waals surface area contributed by atoms with E-state index in [1.807, 2.05) is 0 Å². The second-order valence-electron chi connectivity index (χ2n) is 4.51. The van der Waals surface area contributed by atoms with Crippen LogP contribution in [-0.2, 0) is 9.53 Å². The molecule has 1 heterocycles. The minimum atomic E-state index is -0.849. The number of halogens is 2. The molecule has 0 spiro atoms. The molecule has 1 aliphatic rings. The number of aliphatic hydroxyl groups excluding tert-OH is 1. The van der Waals surface area contributed by atoms with Crippen molar-refractivity contribution in [2.24, 2.45) is 0 Å². The lowest BCUT2D eigenvalue weighted by molar-refractivity contribution is -0.145. The van der Waals surface area contributed by atoms with Crippen molar-refractivity contribution in [3.8, 4) is 0 Å². The zero-order chi connectivity index (χ0) is 14.9. The number of hydrogen-bond acceptors (Lipinski definition) is 4. The average molecular weight is 346 g/mol. The first-order valence-electron chi connectivity index (χ1n) is 5.96. The molecule has 0 aliphatic carbocycles. The van der Waals surface area contributed by atoms with Crippen molar-refractivity contribution < 1.29 is 23.8 Å². The van der Waals surface area contributed by atoms with E-state index >= 15 is 0 Å². The van der Waals surface area contributed by atoms with Gasteiger partial charge in [-0.1, -0.05) is 0 Å². The molecule has 7 heteroatoms. The number of aliphatic hydroxyl groups is 1. The maximum Gasteiger partial charge on any atom is 0.328 e.